The summed E-state index contributed by atoms with van der Waals surface area (Å²) in [6.07, 6.45) is 0.799. The van der Waals surface area contributed by atoms with Gasteiger partial charge in [-0.2, -0.15) is 0 Å². The Kier molecular flexibility index (Phi) is 4.08. The number of nitrogens with two attached hydrogens (primary N) is 1. The van der Waals surface area contributed by atoms with E-state index in [4.69, 9.17) is 5.73 Å². The van der Waals surface area contributed by atoms with E-state index >= 15 is 0 Å². The van der Waals surface area contributed by atoms with Gasteiger partial charge >= 0.3 is 0 Å². The molecule has 0 saturated heterocycles. The molecule has 78 valence electrons. The van der Waals surface area contributed by atoms with Crippen molar-refractivity contribution in [2.24, 2.45) is 5.73 Å². The van der Waals surface area contributed by atoms with Crippen molar-refractivity contribution in [3.05, 3.63) is 34.1 Å². The van der Waals surface area contributed by atoms with Crippen LogP contribution in [0.25, 0.3) is 0 Å². The lowest BCUT2D eigenvalue weighted by Crippen LogP contribution is -2.18. The maximum atomic E-state index is 13.6. The van der Waals surface area contributed by atoms with E-state index in [-0.39, 0.29) is 17.8 Å². The predicted octanol–water partition coefficient (Wildman–Crippen LogP) is 3.43. The van der Waals surface area contributed by atoms with E-state index in [1.807, 2.05) is 26.0 Å². The maximum Gasteiger partial charge on any atom is 0.140 e. The van der Waals surface area contributed by atoms with Crippen LogP contribution in [0.3, 0.4) is 0 Å². The molecule has 0 fully saturated rings. The van der Waals surface area contributed by atoms with Gasteiger partial charge in [-0.05, 0) is 46.8 Å². The summed E-state index contributed by atoms with van der Waals surface area (Å²) >= 11 is 3.17. The van der Waals surface area contributed by atoms with Gasteiger partial charge in [-0.25, -0.2) is 4.39 Å². The average Bonchev–Trinajstić information content (AvgIpc) is 2.08. The van der Waals surface area contributed by atoms with Gasteiger partial charge in [0.1, 0.15) is 5.82 Å². The van der Waals surface area contributed by atoms with Gasteiger partial charge < -0.3 is 5.73 Å². The Labute approximate surface area is 92.6 Å². The number of rotatable bonds is 3. The Balaban J connectivity index is 2.89. The topological polar surface area (TPSA) is 26.0 Å². The van der Waals surface area contributed by atoms with E-state index < -0.39 is 0 Å². The van der Waals surface area contributed by atoms with Crippen molar-refractivity contribution < 1.29 is 4.39 Å². The van der Waals surface area contributed by atoms with Crippen LogP contribution in [-0.2, 0) is 0 Å². The molecule has 0 aliphatic heterocycles. The summed E-state index contributed by atoms with van der Waals surface area (Å²) in [7, 11) is 0. The minimum absolute atomic E-state index is 0.100. The van der Waals surface area contributed by atoms with Gasteiger partial charge in [-0.1, -0.05) is 19.1 Å². The second kappa shape index (κ2) is 4.89. The summed E-state index contributed by atoms with van der Waals surface area (Å²) in [5, 5.41) is 0. The first-order valence-electron chi connectivity index (χ1n) is 4.72. The molecule has 0 aromatic heterocycles. The molecule has 0 radical (unpaired) electrons. The molecule has 0 aliphatic rings. The van der Waals surface area contributed by atoms with Gasteiger partial charge in [0.25, 0.3) is 0 Å². The van der Waals surface area contributed by atoms with Crippen LogP contribution in [0.2, 0.25) is 0 Å². The van der Waals surface area contributed by atoms with Crippen molar-refractivity contribution in [2.75, 3.05) is 0 Å². The molecule has 1 nitrogen and oxygen atoms in total. The fraction of sp³-hybridized carbons (Fsp3) is 0.455. The normalized spacial score (nSPS) is 15.2. The van der Waals surface area contributed by atoms with Gasteiger partial charge in [0, 0.05) is 6.04 Å². The smallest absolute Gasteiger partial charge is 0.140 e. The minimum atomic E-state index is -0.166. The lowest BCUT2D eigenvalue weighted by Gasteiger charge is -2.15. The van der Waals surface area contributed by atoms with E-state index in [1.54, 1.807) is 6.07 Å². The molecule has 1 rings (SSSR count). The molecule has 0 saturated carbocycles. The average molecular weight is 260 g/mol. The minimum Gasteiger partial charge on any atom is -0.328 e. The van der Waals surface area contributed by atoms with E-state index in [0.29, 0.717) is 4.47 Å². The Morgan fingerprint density at radius 3 is 2.64 bits per heavy atom. The monoisotopic (exact) mass is 259 g/mol. The molecule has 2 N–H and O–H groups in total. The van der Waals surface area contributed by atoms with Crippen molar-refractivity contribution in [1.82, 2.24) is 0 Å². The second-order valence-corrected chi connectivity index (χ2v) is 4.61. The lowest BCUT2D eigenvalue weighted by atomic mass is 9.94. The van der Waals surface area contributed by atoms with Crippen molar-refractivity contribution >= 4 is 15.9 Å². The van der Waals surface area contributed by atoms with Crippen LogP contribution < -0.4 is 5.73 Å². The van der Waals surface area contributed by atoms with Crippen LogP contribution in [0, 0.1) is 5.82 Å². The van der Waals surface area contributed by atoms with Crippen LogP contribution in [0.5, 0.6) is 0 Å². The van der Waals surface area contributed by atoms with Crippen molar-refractivity contribution in [1.29, 1.82) is 0 Å². The van der Waals surface area contributed by atoms with Crippen LogP contribution in [0.1, 0.15) is 31.7 Å². The van der Waals surface area contributed by atoms with Crippen LogP contribution >= 0.6 is 15.9 Å². The third kappa shape index (κ3) is 2.79. The quantitative estimate of drug-likeness (QED) is 0.885. The summed E-state index contributed by atoms with van der Waals surface area (Å²) in [4.78, 5) is 0. The van der Waals surface area contributed by atoms with E-state index in [0.717, 1.165) is 12.0 Å². The molecule has 2 atom stereocenters. The number of hydrogen-bond acceptors (Lipinski definition) is 1. The van der Waals surface area contributed by atoms with Crippen molar-refractivity contribution in [2.45, 2.75) is 32.2 Å². The second-order valence-electron chi connectivity index (χ2n) is 3.76. The number of hydrogen-bond donors (Lipinski definition) is 1. The Morgan fingerprint density at radius 1 is 1.43 bits per heavy atom. The zero-order valence-corrected chi connectivity index (χ0v) is 10.0. The third-order valence-electron chi connectivity index (χ3n) is 2.24. The maximum absolute atomic E-state index is 13.6. The van der Waals surface area contributed by atoms with Gasteiger partial charge in [0.2, 0.25) is 0 Å². The molecule has 3 heteroatoms. The summed E-state index contributed by atoms with van der Waals surface area (Å²) in [5.41, 5.74) is 6.42. The van der Waals surface area contributed by atoms with Gasteiger partial charge in [0.05, 0.1) is 4.47 Å². The molecule has 0 aliphatic carbocycles. The lowest BCUT2D eigenvalue weighted by molar-refractivity contribution is 0.539. The summed E-state index contributed by atoms with van der Waals surface area (Å²) in [5.74, 6) is -0.00634. The van der Waals surface area contributed by atoms with Gasteiger partial charge in [0.15, 0.2) is 0 Å². The van der Waals surface area contributed by atoms with Crippen molar-refractivity contribution in [3.8, 4) is 0 Å². The Morgan fingerprint density at radius 2 is 2.07 bits per heavy atom. The first-order valence-corrected chi connectivity index (χ1v) is 5.51. The van der Waals surface area contributed by atoms with E-state index in [2.05, 4.69) is 15.9 Å². The Hall–Kier alpha value is -0.410. The predicted molar refractivity (Wildman–Crippen MR) is 60.8 cm³/mol. The highest BCUT2D eigenvalue weighted by Crippen LogP contribution is 2.27. The van der Waals surface area contributed by atoms with Crippen LogP contribution in [-0.4, -0.2) is 6.04 Å². The van der Waals surface area contributed by atoms with Crippen LogP contribution in [0.4, 0.5) is 4.39 Å². The standard InChI is InChI=1S/C11H15BrFN/c1-7(6-8(2)14)9-4-3-5-10(12)11(9)13/h3-5,7-8H,6,14H2,1-2H3. The molecule has 0 heterocycles. The number of halogens is 2. The largest absolute Gasteiger partial charge is 0.328 e. The van der Waals surface area contributed by atoms with Gasteiger partial charge in [-0.3, -0.25) is 0 Å². The zero-order valence-electron chi connectivity index (χ0n) is 8.43. The van der Waals surface area contributed by atoms with Gasteiger partial charge in [-0.15, -0.1) is 0 Å². The zero-order chi connectivity index (χ0) is 10.7. The highest BCUT2D eigenvalue weighted by atomic mass is 79.9. The summed E-state index contributed by atoms with van der Waals surface area (Å²) in [6, 6.07) is 5.47. The van der Waals surface area contributed by atoms with E-state index in [1.165, 1.54) is 0 Å². The molecule has 0 bridgehead atoms. The fourth-order valence-electron chi connectivity index (χ4n) is 1.59. The summed E-state index contributed by atoms with van der Waals surface area (Å²) < 4.78 is 14.1. The Bertz CT molecular complexity index is 312. The molecule has 0 amide bonds. The molecule has 1 aromatic carbocycles. The molecule has 2 unspecified atom stereocenters. The van der Waals surface area contributed by atoms with Crippen LogP contribution in [0.15, 0.2) is 22.7 Å². The fourth-order valence-corrected chi connectivity index (χ4v) is 1.97. The highest BCUT2D eigenvalue weighted by Gasteiger charge is 2.13. The molecule has 1 aromatic rings. The molecular formula is C11H15BrFN. The molecule has 14 heavy (non-hydrogen) atoms. The SMILES string of the molecule is CC(N)CC(C)c1cccc(Br)c1F. The van der Waals surface area contributed by atoms with Crippen molar-refractivity contribution in [3.63, 3.8) is 0 Å². The number of benzene rings is 1. The first-order chi connectivity index (χ1) is 6.52. The summed E-state index contributed by atoms with van der Waals surface area (Å²) in [6.45, 7) is 3.93. The first kappa shape index (κ1) is 11.7. The highest BCUT2D eigenvalue weighted by molar-refractivity contribution is 9.10. The molecular weight excluding hydrogens is 245 g/mol. The van der Waals surface area contributed by atoms with E-state index in [9.17, 15) is 4.39 Å². The molecule has 0 spiro atoms. The third-order valence-corrected chi connectivity index (χ3v) is 2.85.